The molecule has 5 nitrogen and oxygen atoms in total. The smallest absolute Gasteiger partial charge is 0.341 e. The van der Waals surface area contributed by atoms with Crippen molar-refractivity contribution in [2.24, 2.45) is 0 Å². The van der Waals surface area contributed by atoms with E-state index in [1.54, 1.807) is 13.2 Å². The first-order valence-corrected chi connectivity index (χ1v) is 6.66. The third-order valence-corrected chi connectivity index (χ3v) is 3.39. The summed E-state index contributed by atoms with van der Waals surface area (Å²) < 4.78 is 16.0. The maximum atomic E-state index is 11.3. The number of hydrogen-bond donors (Lipinski definition) is 1. The molecule has 0 aliphatic carbocycles. The van der Waals surface area contributed by atoms with E-state index in [1.165, 1.54) is 13.4 Å². The van der Waals surface area contributed by atoms with E-state index in [0.717, 1.165) is 15.9 Å². The van der Waals surface area contributed by atoms with Crippen molar-refractivity contribution in [2.75, 3.05) is 19.5 Å². The third-order valence-electron chi connectivity index (χ3n) is 2.70. The predicted molar refractivity (Wildman–Crippen MR) is 78.1 cm³/mol. The van der Waals surface area contributed by atoms with Gasteiger partial charge in [-0.05, 0) is 34.1 Å². The van der Waals surface area contributed by atoms with Gasteiger partial charge < -0.3 is 19.2 Å². The Kier molecular flexibility index (Phi) is 4.68. The summed E-state index contributed by atoms with van der Waals surface area (Å²) >= 11 is 3.45. The van der Waals surface area contributed by atoms with Crippen molar-refractivity contribution in [1.29, 1.82) is 0 Å². The van der Waals surface area contributed by atoms with Crippen LogP contribution in [0, 0.1) is 0 Å². The lowest BCUT2D eigenvalue weighted by Crippen LogP contribution is -2.00. The Labute approximate surface area is 125 Å². The van der Waals surface area contributed by atoms with Crippen LogP contribution in [0.5, 0.6) is 5.75 Å². The molecule has 0 fully saturated rings. The maximum absolute atomic E-state index is 11.3. The highest BCUT2D eigenvalue weighted by Crippen LogP contribution is 2.27. The lowest BCUT2D eigenvalue weighted by atomic mass is 10.3. The standard InChI is InChI=1S/C14H14BrNO4/c1-18-10-3-4-12(15)13(6-10)16-7-11-5-9(8-20-11)14(17)19-2/h3-6,8,16H,7H2,1-2H3. The van der Waals surface area contributed by atoms with Gasteiger partial charge >= 0.3 is 5.97 Å². The first-order chi connectivity index (χ1) is 9.63. The molecule has 0 radical (unpaired) electrons. The minimum atomic E-state index is -0.414. The van der Waals surface area contributed by atoms with Crippen LogP contribution >= 0.6 is 15.9 Å². The molecular weight excluding hydrogens is 326 g/mol. The van der Waals surface area contributed by atoms with Gasteiger partial charge in [0.1, 0.15) is 17.8 Å². The molecule has 0 atom stereocenters. The third kappa shape index (κ3) is 3.33. The van der Waals surface area contributed by atoms with Gasteiger partial charge in [0.15, 0.2) is 0 Å². The van der Waals surface area contributed by atoms with Crippen LogP contribution in [0.2, 0.25) is 0 Å². The minimum Gasteiger partial charge on any atom is -0.497 e. The lowest BCUT2D eigenvalue weighted by molar-refractivity contribution is 0.0600. The van der Waals surface area contributed by atoms with Crippen molar-refractivity contribution < 1.29 is 18.7 Å². The summed E-state index contributed by atoms with van der Waals surface area (Å²) in [5.74, 6) is 0.980. The number of benzene rings is 1. The van der Waals surface area contributed by atoms with Crippen LogP contribution in [-0.2, 0) is 11.3 Å². The van der Waals surface area contributed by atoms with Crippen LogP contribution in [0.4, 0.5) is 5.69 Å². The van der Waals surface area contributed by atoms with Gasteiger partial charge in [-0.3, -0.25) is 0 Å². The highest BCUT2D eigenvalue weighted by atomic mass is 79.9. The highest BCUT2D eigenvalue weighted by Gasteiger charge is 2.10. The average molecular weight is 340 g/mol. The van der Waals surface area contributed by atoms with Crippen molar-refractivity contribution >= 4 is 27.6 Å². The number of nitrogens with one attached hydrogen (secondary N) is 1. The highest BCUT2D eigenvalue weighted by molar-refractivity contribution is 9.10. The van der Waals surface area contributed by atoms with Crippen molar-refractivity contribution in [3.63, 3.8) is 0 Å². The molecule has 1 aromatic carbocycles. The molecule has 0 aliphatic rings. The molecule has 20 heavy (non-hydrogen) atoms. The van der Waals surface area contributed by atoms with E-state index in [2.05, 4.69) is 26.0 Å². The molecule has 2 rings (SSSR count). The van der Waals surface area contributed by atoms with Gasteiger partial charge in [-0.2, -0.15) is 0 Å². The number of rotatable bonds is 5. The van der Waals surface area contributed by atoms with E-state index in [0.29, 0.717) is 17.9 Å². The van der Waals surface area contributed by atoms with Crippen molar-refractivity contribution in [3.05, 3.63) is 46.3 Å². The minimum absolute atomic E-state index is 0.397. The monoisotopic (exact) mass is 339 g/mol. The van der Waals surface area contributed by atoms with E-state index in [-0.39, 0.29) is 0 Å². The zero-order valence-corrected chi connectivity index (χ0v) is 12.7. The quantitative estimate of drug-likeness (QED) is 0.845. The fraction of sp³-hybridized carbons (Fsp3) is 0.214. The second-order valence-corrected chi connectivity index (χ2v) is 4.85. The zero-order valence-electron chi connectivity index (χ0n) is 11.1. The molecule has 106 valence electrons. The number of ether oxygens (including phenoxy) is 2. The maximum Gasteiger partial charge on any atom is 0.341 e. The predicted octanol–water partition coefficient (Wildman–Crippen LogP) is 3.45. The topological polar surface area (TPSA) is 60.7 Å². The molecule has 0 aliphatic heterocycles. The summed E-state index contributed by atoms with van der Waals surface area (Å²) in [5.41, 5.74) is 1.27. The van der Waals surface area contributed by atoms with Crippen LogP contribution in [-0.4, -0.2) is 20.2 Å². The Morgan fingerprint density at radius 2 is 2.15 bits per heavy atom. The summed E-state index contributed by atoms with van der Waals surface area (Å²) in [7, 11) is 2.95. The van der Waals surface area contributed by atoms with Crippen molar-refractivity contribution in [1.82, 2.24) is 0 Å². The van der Waals surface area contributed by atoms with E-state index in [4.69, 9.17) is 9.15 Å². The van der Waals surface area contributed by atoms with E-state index < -0.39 is 5.97 Å². The first kappa shape index (κ1) is 14.5. The van der Waals surface area contributed by atoms with Gasteiger partial charge in [0.2, 0.25) is 0 Å². The summed E-state index contributed by atoms with van der Waals surface area (Å²) in [6.45, 7) is 0.447. The molecule has 0 saturated heterocycles. The van der Waals surface area contributed by atoms with E-state index in [1.807, 2.05) is 18.2 Å². The molecule has 0 bridgehead atoms. The van der Waals surface area contributed by atoms with Gasteiger partial charge in [-0.15, -0.1) is 0 Å². The summed E-state index contributed by atoms with van der Waals surface area (Å²) in [4.78, 5) is 11.3. The molecule has 1 heterocycles. The zero-order chi connectivity index (χ0) is 14.5. The van der Waals surface area contributed by atoms with Gasteiger partial charge in [0, 0.05) is 10.5 Å². The van der Waals surface area contributed by atoms with E-state index in [9.17, 15) is 4.79 Å². The molecule has 0 saturated carbocycles. The molecular formula is C14H14BrNO4. The van der Waals surface area contributed by atoms with Crippen LogP contribution < -0.4 is 10.1 Å². The van der Waals surface area contributed by atoms with Gasteiger partial charge in [-0.25, -0.2) is 4.79 Å². The number of methoxy groups -OCH3 is 2. The van der Waals surface area contributed by atoms with Crippen molar-refractivity contribution in [3.8, 4) is 5.75 Å². The molecule has 1 aromatic heterocycles. The molecule has 2 aromatic rings. The Hall–Kier alpha value is -1.95. The van der Waals surface area contributed by atoms with Crippen LogP contribution in [0.3, 0.4) is 0 Å². The van der Waals surface area contributed by atoms with Gasteiger partial charge in [0.25, 0.3) is 0 Å². The summed E-state index contributed by atoms with van der Waals surface area (Å²) in [6.07, 6.45) is 1.38. The van der Waals surface area contributed by atoms with Gasteiger partial charge in [-0.1, -0.05) is 0 Å². The Morgan fingerprint density at radius 1 is 1.35 bits per heavy atom. The number of carbonyl (C=O) groups is 1. The Morgan fingerprint density at radius 3 is 2.85 bits per heavy atom. The fourth-order valence-corrected chi connectivity index (χ4v) is 2.03. The second-order valence-electron chi connectivity index (χ2n) is 3.99. The van der Waals surface area contributed by atoms with Crippen LogP contribution in [0.25, 0.3) is 0 Å². The fourth-order valence-electron chi connectivity index (χ4n) is 1.65. The summed E-state index contributed by atoms with van der Waals surface area (Å²) in [5, 5.41) is 3.20. The van der Waals surface area contributed by atoms with Crippen LogP contribution in [0.15, 0.2) is 39.4 Å². The molecule has 0 amide bonds. The van der Waals surface area contributed by atoms with E-state index >= 15 is 0 Å². The average Bonchev–Trinajstić information content (AvgIpc) is 2.94. The Balaban J connectivity index is 2.05. The molecule has 1 N–H and O–H groups in total. The molecule has 0 spiro atoms. The first-order valence-electron chi connectivity index (χ1n) is 5.87. The second kappa shape index (κ2) is 6.47. The number of anilines is 1. The Bertz CT molecular complexity index is 609. The van der Waals surface area contributed by atoms with Crippen molar-refractivity contribution in [2.45, 2.75) is 6.54 Å². The molecule has 0 unspecified atom stereocenters. The van der Waals surface area contributed by atoms with Crippen LogP contribution in [0.1, 0.15) is 16.1 Å². The molecule has 6 heteroatoms. The lowest BCUT2D eigenvalue weighted by Gasteiger charge is -2.08. The normalized spacial score (nSPS) is 10.2. The largest absolute Gasteiger partial charge is 0.497 e. The number of carbonyl (C=O) groups excluding carboxylic acids is 1. The number of hydrogen-bond acceptors (Lipinski definition) is 5. The number of furan rings is 1. The SMILES string of the molecule is COC(=O)c1coc(CNc2cc(OC)ccc2Br)c1. The van der Waals surface area contributed by atoms with Gasteiger partial charge in [0.05, 0.1) is 32.0 Å². The number of halogens is 1. The summed E-state index contributed by atoms with van der Waals surface area (Å²) in [6, 6.07) is 7.27. The number of esters is 1.